The molecule has 5 nitrogen and oxygen atoms in total. The molecule has 0 radical (unpaired) electrons. The van der Waals surface area contributed by atoms with Crippen LogP contribution < -0.4 is 5.32 Å². The molecule has 5 rings (SSSR count). The molecule has 2 aliphatic rings. The molecule has 0 saturated carbocycles. The fourth-order valence-electron chi connectivity index (χ4n) is 4.51. The first-order valence-electron chi connectivity index (χ1n) is 10.1. The SMILES string of the molecule is O=C(c1cc(C(F)(F)F)ccn1)[C@@]12CNCCC1=Cc1c(cnn1-c1ccc(I)cc1)C2. The van der Waals surface area contributed by atoms with Crippen LogP contribution in [0.1, 0.15) is 33.7 Å². The Morgan fingerprint density at radius 1 is 1.19 bits per heavy atom. The van der Waals surface area contributed by atoms with Crippen molar-refractivity contribution in [2.45, 2.75) is 19.0 Å². The monoisotopic (exact) mass is 550 g/mol. The summed E-state index contributed by atoms with van der Waals surface area (Å²) in [7, 11) is 0. The molecule has 0 unspecified atom stereocenters. The summed E-state index contributed by atoms with van der Waals surface area (Å²) in [6.45, 7) is 1.05. The lowest BCUT2D eigenvalue weighted by Gasteiger charge is -2.41. The molecule has 1 aliphatic heterocycles. The summed E-state index contributed by atoms with van der Waals surface area (Å²) in [4.78, 5) is 17.6. The number of hydrogen-bond donors (Lipinski definition) is 1. The summed E-state index contributed by atoms with van der Waals surface area (Å²) in [5, 5.41) is 7.79. The number of ketones is 1. The van der Waals surface area contributed by atoms with Crippen LogP contribution >= 0.6 is 22.6 Å². The van der Waals surface area contributed by atoms with E-state index >= 15 is 0 Å². The van der Waals surface area contributed by atoms with Crippen LogP contribution in [0, 0.1) is 8.99 Å². The molecule has 2 aromatic heterocycles. The van der Waals surface area contributed by atoms with Crippen molar-refractivity contribution >= 4 is 34.5 Å². The lowest BCUT2D eigenvalue weighted by Crippen LogP contribution is -2.50. The highest BCUT2D eigenvalue weighted by atomic mass is 127. The van der Waals surface area contributed by atoms with Crippen molar-refractivity contribution in [3.8, 4) is 5.69 Å². The lowest BCUT2D eigenvalue weighted by molar-refractivity contribution is -0.137. The number of benzene rings is 1. The number of piperidine rings is 1. The Hall–Kier alpha value is -2.53. The minimum absolute atomic E-state index is 0.164. The molecule has 1 saturated heterocycles. The second-order valence-corrected chi connectivity index (χ2v) is 9.30. The molecule has 1 aliphatic carbocycles. The number of pyridine rings is 1. The average molecular weight is 550 g/mol. The van der Waals surface area contributed by atoms with Crippen LogP contribution in [-0.2, 0) is 12.6 Å². The average Bonchev–Trinajstić information content (AvgIpc) is 3.19. The third-order valence-electron chi connectivity index (χ3n) is 6.13. The van der Waals surface area contributed by atoms with Gasteiger partial charge in [0.15, 0.2) is 5.78 Å². The molecular weight excluding hydrogens is 532 g/mol. The van der Waals surface area contributed by atoms with Crippen molar-refractivity contribution in [2.24, 2.45) is 5.41 Å². The van der Waals surface area contributed by atoms with Gasteiger partial charge in [-0.25, -0.2) is 4.68 Å². The van der Waals surface area contributed by atoms with Crippen LogP contribution in [0.15, 0.2) is 54.4 Å². The van der Waals surface area contributed by atoms with Crippen LogP contribution in [0.2, 0.25) is 0 Å². The van der Waals surface area contributed by atoms with Crippen LogP contribution in [-0.4, -0.2) is 33.6 Å². The molecule has 3 aromatic rings. The van der Waals surface area contributed by atoms with Crippen molar-refractivity contribution in [2.75, 3.05) is 13.1 Å². The van der Waals surface area contributed by atoms with Gasteiger partial charge in [-0.05, 0) is 90.0 Å². The maximum atomic E-state index is 13.6. The minimum atomic E-state index is -4.53. The number of halogens is 4. The molecule has 1 atom stereocenters. The molecule has 0 spiro atoms. The molecule has 164 valence electrons. The van der Waals surface area contributed by atoms with Gasteiger partial charge in [0.05, 0.1) is 28.6 Å². The molecule has 1 N–H and O–H groups in total. The van der Waals surface area contributed by atoms with Crippen molar-refractivity contribution in [3.63, 3.8) is 0 Å². The maximum absolute atomic E-state index is 13.6. The van der Waals surface area contributed by atoms with E-state index in [1.807, 2.05) is 35.0 Å². The number of nitrogens with one attached hydrogen (secondary N) is 1. The fraction of sp³-hybridized carbons (Fsp3) is 0.261. The topological polar surface area (TPSA) is 59.8 Å². The molecule has 0 bridgehead atoms. The van der Waals surface area contributed by atoms with Crippen LogP contribution in [0.25, 0.3) is 11.8 Å². The first-order chi connectivity index (χ1) is 15.3. The summed E-state index contributed by atoms with van der Waals surface area (Å²) in [5.41, 5.74) is 1.60. The highest BCUT2D eigenvalue weighted by molar-refractivity contribution is 14.1. The predicted molar refractivity (Wildman–Crippen MR) is 121 cm³/mol. The molecular formula is C23H18F3IN4O. The first-order valence-corrected chi connectivity index (χ1v) is 11.2. The lowest BCUT2D eigenvalue weighted by atomic mass is 9.65. The van der Waals surface area contributed by atoms with E-state index in [0.717, 1.165) is 44.4 Å². The van der Waals surface area contributed by atoms with Crippen LogP contribution in [0.4, 0.5) is 13.2 Å². The Labute approximate surface area is 195 Å². The van der Waals surface area contributed by atoms with Gasteiger partial charge in [0, 0.05) is 16.3 Å². The Morgan fingerprint density at radius 3 is 2.72 bits per heavy atom. The number of hydrogen-bond acceptors (Lipinski definition) is 4. The Balaban J connectivity index is 1.57. The normalized spacial score (nSPS) is 20.3. The van der Waals surface area contributed by atoms with Gasteiger partial charge in [-0.2, -0.15) is 18.3 Å². The highest BCUT2D eigenvalue weighted by Crippen LogP contribution is 2.44. The maximum Gasteiger partial charge on any atom is 0.416 e. The molecule has 32 heavy (non-hydrogen) atoms. The van der Waals surface area contributed by atoms with Gasteiger partial charge in [-0.1, -0.05) is 5.57 Å². The summed E-state index contributed by atoms with van der Waals surface area (Å²) < 4.78 is 42.6. The number of fused-ring (bicyclic) bond motifs is 2. The number of carbonyl (C=O) groups excluding carboxylic acids is 1. The quantitative estimate of drug-likeness (QED) is 0.380. The molecule has 3 heterocycles. The number of rotatable bonds is 3. The minimum Gasteiger partial charge on any atom is -0.315 e. The van der Waals surface area contributed by atoms with E-state index in [0.29, 0.717) is 25.9 Å². The van der Waals surface area contributed by atoms with E-state index < -0.39 is 22.9 Å². The number of carbonyl (C=O) groups is 1. The standard InChI is InChI=1S/C23H18F3IN4O/c24-23(25,26)16-6-8-29-19(9-16)21(32)22-11-14-12-30-31(18-3-1-17(27)2-4-18)20(14)10-15(22)5-7-28-13-22/h1-4,6,8-10,12,28H,5,7,11,13H2/t22-/m0/s1. The van der Waals surface area contributed by atoms with Crippen LogP contribution in [0.3, 0.4) is 0 Å². The smallest absolute Gasteiger partial charge is 0.315 e. The summed E-state index contributed by atoms with van der Waals surface area (Å²) in [6.07, 6.45) is 1.23. The Morgan fingerprint density at radius 2 is 1.97 bits per heavy atom. The molecule has 1 aromatic carbocycles. The van der Waals surface area contributed by atoms with Crippen molar-refractivity contribution < 1.29 is 18.0 Å². The van der Waals surface area contributed by atoms with Gasteiger partial charge in [0.25, 0.3) is 0 Å². The molecule has 0 amide bonds. The van der Waals surface area contributed by atoms with Crippen molar-refractivity contribution in [1.29, 1.82) is 0 Å². The molecule has 9 heteroatoms. The number of aromatic nitrogens is 3. The van der Waals surface area contributed by atoms with E-state index in [1.54, 1.807) is 6.20 Å². The van der Waals surface area contributed by atoms with Crippen molar-refractivity contribution in [3.05, 3.63) is 80.4 Å². The zero-order chi connectivity index (χ0) is 22.5. The number of Topliss-reactive ketones (excluding diaryl/α,β-unsaturated/α-hetero) is 1. The van der Waals surface area contributed by atoms with Gasteiger partial charge in [-0.15, -0.1) is 0 Å². The van der Waals surface area contributed by atoms with Gasteiger partial charge in [0.1, 0.15) is 5.69 Å². The summed E-state index contributed by atoms with van der Waals surface area (Å²) in [5.74, 6) is -0.394. The first kappa shape index (κ1) is 21.3. The third kappa shape index (κ3) is 3.57. The van der Waals surface area contributed by atoms with Gasteiger partial charge in [0.2, 0.25) is 0 Å². The molecule has 1 fully saturated rings. The van der Waals surface area contributed by atoms with Crippen molar-refractivity contribution in [1.82, 2.24) is 20.1 Å². The van der Waals surface area contributed by atoms with Crippen LogP contribution in [0.5, 0.6) is 0 Å². The largest absolute Gasteiger partial charge is 0.416 e. The zero-order valence-corrected chi connectivity index (χ0v) is 18.9. The van der Waals surface area contributed by atoms with E-state index in [4.69, 9.17) is 0 Å². The number of alkyl halides is 3. The fourth-order valence-corrected chi connectivity index (χ4v) is 4.87. The summed E-state index contributed by atoms with van der Waals surface area (Å²) >= 11 is 2.24. The Bertz CT molecular complexity index is 1230. The predicted octanol–water partition coefficient (Wildman–Crippen LogP) is 4.69. The Kier molecular flexibility index (Phi) is 5.20. The summed E-state index contributed by atoms with van der Waals surface area (Å²) in [6, 6.07) is 9.70. The van der Waals surface area contributed by atoms with E-state index in [2.05, 4.69) is 38.0 Å². The second kappa shape index (κ2) is 7.80. The van der Waals surface area contributed by atoms with E-state index in [1.165, 1.54) is 0 Å². The zero-order valence-electron chi connectivity index (χ0n) is 16.8. The second-order valence-electron chi connectivity index (χ2n) is 8.06. The third-order valence-corrected chi connectivity index (χ3v) is 6.85. The van der Waals surface area contributed by atoms with Gasteiger partial charge < -0.3 is 5.32 Å². The van der Waals surface area contributed by atoms with E-state index in [-0.39, 0.29) is 5.69 Å². The highest BCUT2D eigenvalue weighted by Gasteiger charge is 2.47. The van der Waals surface area contributed by atoms with E-state index in [9.17, 15) is 18.0 Å². The van der Waals surface area contributed by atoms with Gasteiger partial charge in [-0.3, -0.25) is 9.78 Å². The van der Waals surface area contributed by atoms with Gasteiger partial charge >= 0.3 is 6.18 Å². The number of nitrogens with zero attached hydrogens (tertiary/aromatic N) is 3.